The molecule has 4 rings (SSSR count). The number of rotatable bonds is 8. The summed E-state index contributed by atoms with van der Waals surface area (Å²) in [5.41, 5.74) is 2.98. The quantitative estimate of drug-likeness (QED) is 0.349. The molecule has 1 amide bonds. The van der Waals surface area contributed by atoms with Crippen molar-refractivity contribution in [2.75, 3.05) is 38.3 Å². The van der Waals surface area contributed by atoms with E-state index in [1.54, 1.807) is 23.4 Å². The Hall–Kier alpha value is -2.91. The lowest BCUT2D eigenvalue weighted by molar-refractivity contribution is -0.139. The molecule has 0 aliphatic carbocycles. The third kappa shape index (κ3) is 6.21. The standard InChI is InChI=1S/C23H25ClFN5O6S2/c1-3-36-23(32)18-16(11-30-7-9-38(33,34)12-17(30)21(31)29-35-2)27-20(22-26-6-8-37-22)28-19(18)14-5-4-13(25)10-15(14)24/h4-6,8,10,17,19H,3,7,9,11-12H2,1-2H3,(H,27,28)(H,29,31). The van der Waals surface area contributed by atoms with Gasteiger partial charge in [-0.2, -0.15) is 0 Å². The molecule has 38 heavy (non-hydrogen) atoms. The number of amidine groups is 1. The summed E-state index contributed by atoms with van der Waals surface area (Å²) in [5, 5.41) is 5.47. The van der Waals surface area contributed by atoms with Crippen molar-refractivity contribution >= 4 is 50.5 Å². The molecular weight excluding hydrogens is 561 g/mol. The maximum Gasteiger partial charge on any atom is 0.338 e. The molecule has 0 bridgehead atoms. The molecule has 1 aromatic heterocycles. The molecule has 2 atom stereocenters. The summed E-state index contributed by atoms with van der Waals surface area (Å²) in [7, 11) is -2.24. The second-order valence-corrected chi connectivity index (χ2v) is 11.9. The van der Waals surface area contributed by atoms with Gasteiger partial charge in [0.25, 0.3) is 5.91 Å². The first kappa shape index (κ1) is 28.1. The number of ether oxygens (including phenoxy) is 1. The minimum atomic E-state index is -3.49. The molecule has 2 unspecified atom stereocenters. The highest BCUT2D eigenvalue weighted by Crippen LogP contribution is 2.37. The SMILES string of the molecule is CCOC(=O)C1=C(CN2CCS(=O)(=O)CC2C(=O)NOC)NC(c2nccs2)=NC1c1ccc(F)cc1Cl. The van der Waals surface area contributed by atoms with E-state index in [1.165, 1.54) is 30.6 Å². The van der Waals surface area contributed by atoms with Gasteiger partial charge < -0.3 is 10.1 Å². The summed E-state index contributed by atoms with van der Waals surface area (Å²) >= 11 is 7.70. The summed E-state index contributed by atoms with van der Waals surface area (Å²) in [6.07, 6.45) is 1.59. The van der Waals surface area contributed by atoms with Crippen LogP contribution in [-0.4, -0.2) is 80.4 Å². The lowest BCUT2D eigenvalue weighted by Crippen LogP contribution is -2.57. The number of halogens is 2. The Bertz CT molecular complexity index is 1380. The Morgan fingerprint density at radius 1 is 1.37 bits per heavy atom. The number of nitrogens with zero attached hydrogens (tertiary/aromatic N) is 3. The maximum atomic E-state index is 13.9. The Morgan fingerprint density at radius 3 is 2.82 bits per heavy atom. The average molecular weight is 586 g/mol. The number of carbonyl (C=O) groups is 2. The second kappa shape index (κ2) is 11.9. The number of benzene rings is 1. The second-order valence-electron chi connectivity index (χ2n) is 8.39. The largest absolute Gasteiger partial charge is 0.463 e. The molecule has 15 heteroatoms. The van der Waals surface area contributed by atoms with E-state index in [0.29, 0.717) is 22.1 Å². The molecule has 204 valence electrons. The number of hydrogen-bond donors (Lipinski definition) is 2. The lowest BCUT2D eigenvalue weighted by Gasteiger charge is -2.36. The number of hydrogen-bond acceptors (Lipinski definition) is 11. The van der Waals surface area contributed by atoms with Crippen LogP contribution in [0.2, 0.25) is 5.02 Å². The van der Waals surface area contributed by atoms with Crippen molar-refractivity contribution in [3.05, 3.63) is 62.5 Å². The van der Waals surface area contributed by atoms with E-state index in [-0.39, 0.29) is 36.0 Å². The van der Waals surface area contributed by atoms with Crippen molar-refractivity contribution in [2.24, 2.45) is 4.99 Å². The van der Waals surface area contributed by atoms with Crippen molar-refractivity contribution in [3.8, 4) is 0 Å². The van der Waals surface area contributed by atoms with Gasteiger partial charge in [0.2, 0.25) is 0 Å². The Balaban J connectivity index is 1.83. The van der Waals surface area contributed by atoms with Crippen LogP contribution in [0.5, 0.6) is 0 Å². The predicted octanol–water partition coefficient (Wildman–Crippen LogP) is 1.62. The zero-order valence-electron chi connectivity index (χ0n) is 20.4. The van der Waals surface area contributed by atoms with Gasteiger partial charge in [-0.25, -0.2) is 28.1 Å². The van der Waals surface area contributed by atoms with Gasteiger partial charge >= 0.3 is 5.97 Å². The molecule has 0 radical (unpaired) electrons. The number of sulfone groups is 1. The van der Waals surface area contributed by atoms with E-state index in [0.717, 1.165) is 6.07 Å². The lowest BCUT2D eigenvalue weighted by atomic mass is 9.95. The Morgan fingerprint density at radius 2 is 2.16 bits per heavy atom. The molecule has 0 saturated carbocycles. The number of carbonyl (C=O) groups excluding carboxylic acids is 2. The van der Waals surface area contributed by atoms with Crippen molar-refractivity contribution in [1.82, 2.24) is 20.7 Å². The molecular formula is C23H25ClFN5O6S2. The van der Waals surface area contributed by atoms with E-state index in [2.05, 4.69) is 15.8 Å². The van der Waals surface area contributed by atoms with Crippen LogP contribution in [0, 0.1) is 5.82 Å². The van der Waals surface area contributed by atoms with Gasteiger partial charge in [-0.1, -0.05) is 17.7 Å². The van der Waals surface area contributed by atoms with Gasteiger partial charge in [-0.15, -0.1) is 11.3 Å². The number of hydroxylamine groups is 1. The monoisotopic (exact) mass is 585 g/mol. The van der Waals surface area contributed by atoms with Gasteiger partial charge in [0.05, 0.1) is 30.8 Å². The van der Waals surface area contributed by atoms with Crippen molar-refractivity contribution in [3.63, 3.8) is 0 Å². The Kier molecular flexibility index (Phi) is 8.78. The number of thiazole rings is 1. The van der Waals surface area contributed by atoms with Gasteiger partial charge in [0, 0.05) is 40.9 Å². The number of aliphatic imine (C=N–C) groups is 1. The molecule has 2 N–H and O–H groups in total. The molecule has 3 heterocycles. The fourth-order valence-electron chi connectivity index (χ4n) is 4.21. The van der Waals surface area contributed by atoms with Crippen LogP contribution >= 0.6 is 22.9 Å². The maximum absolute atomic E-state index is 13.9. The van der Waals surface area contributed by atoms with Crippen molar-refractivity contribution in [2.45, 2.75) is 19.0 Å². The zero-order valence-corrected chi connectivity index (χ0v) is 22.8. The van der Waals surface area contributed by atoms with Crippen LogP contribution in [0.3, 0.4) is 0 Å². The average Bonchev–Trinajstić information content (AvgIpc) is 3.40. The molecule has 0 spiro atoms. The van der Waals surface area contributed by atoms with E-state index >= 15 is 0 Å². The predicted molar refractivity (Wildman–Crippen MR) is 139 cm³/mol. The molecule has 2 aliphatic rings. The van der Waals surface area contributed by atoms with E-state index < -0.39 is 45.4 Å². The van der Waals surface area contributed by atoms with Crippen LogP contribution < -0.4 is 10.8 Å². The van der Waals surface area contributed by atoms with Crippen LogP contribution in [0.4, 0.5) is 4.39 Å². The fourth-order valence-corrected chi connectivity index (χ4v) is 6.59. The smallest absolute Gasteiger partial charge is 0.338 e. The van der Waals surface area contributed by atoms with E-state index in [1.807, 2.05) is 0 Å². The highest BCUT2D eigenvalue weighted by atomic mass is 35.5. The van der Waals surface area contributed by atoms with Gasteiger partial charge in [0.15, 0.2) is 20.7 Å². The summed E-state index contributed by atoms with van der Waals surface area (Å²) < 4.78 is 43.9. The highest BCUT2D eigenvalue weighted by molar-refractivity contribution is 7.91. The number of nitrogens with one attached hydrogen (secondary N) is 2. The first-order valence-electron chi connectivity index (χ1n) is 11.5. The first-order chi connectivity index (χ1) is 18.1. The molecule has 1 fully saturated rings. The highest BCUT2D eigenvalue weighted by Gasteiger charge is 2.40. The summed E-state index contributed by atoms with van der Waals surface area (Å²) in [6, 6.07) is 1.71. The Labute approximate surface area is 227 Å². The van der Waals surface area contributed by atoms with Gasteiger partial charge in [0.1, 0.15) is 17.9 Å². The topological polar surface area (TPSA) is 139 Å². The summed E-state index contributed by atoms with van der Waals surface area (Å²) in [6.45, 7) is 1.71. The van der Waals surface area contributed by atoms with Crippen LogP contribution in [0.1, 0.15) is 23.5 Å². The summed E-state index contributed by atoms with van der Waals surface area (Å²) in [4.78, 5) is 41.4. The van der Waals surface area contributed by atoms with Crippen LogP contribution in [0.25, 0.3) is 0 Å². The third-order valence-electron chi connectivity index (χ3n) is 5.92. The normalized spacial score (nSPS) is 21.4. The van der Waals surface area contributed by atoms with Crippen LogP contribution in [0.15, 0.2) is 46.0 Å². The molecule has 2 aliphatic heterocycles. The molecule has 1 saturated heterocycles. The number of esters is 1. The van der Waals surface area contributed by atoms with E-state index in [4.69, 9.17) is 26.2 Å². The molecule has 11 nitrogen and oxygen atoms in total. The number of amides is 1. The fraction of sp³-hybridized carbons (Fsp3) is 0.391. The minimum absolute atomic E-state index is 0.0249. The van der Waals surface area contributed by atoms with Crippen molar-refractivity contribution < 1.29 is 32.0 Å². The third-order valence-corrected chi connectivity index (χ3v) is 8.66. The van der Waals surface area contributed by atoms with E-state index in [9.17, 15) is 22.4 Å². The van der Waals surface area contributed by atoms with Gasteiger partial charge in [-0.05, 0) is 19.1 Å². The van der Waals surface area contributed by atoms with Gasteiger partial charge in [-0.3, -0.25) is 19.5 Å². The summed E-state index contributed by atoms with van der Waals surface area (Å²) in [5.74, 6) is -2.16. The minimum Gasteiger partial charge on any atom is -0.463 e. The van der Waals surface area contributed by atoms with Crippen LogP contribution in [-0.2, 0) is 29.0 Å². The van der Waals surface area contributed by atoms with Crippen molar-refractivity contribution in [1.29, 1.82) is 0 Å². The molecule has 1 aromatic carbocycles. The first-order valence-corrected chi connectivity index (χ1v) is 14.6. The zero-order chi connectivity index (χ0) is 27.4. The number of aromatic nitrogens is 1. The molecule has 2 aromatic rings.